The maximum Gasteiger partial charge on any atom is 0.227 e. The molecule has 2 aliphatic rings. The Morgan fingerprint density at radius 2 is 1.85 bits per heavy atom. The molecule has 0 unspecified atom stereocenters. The Hall–Kier alpha value is -2.21. The highest BCUT2D eigenvalue weighted by molar-refractivity contribution is 5.53. The van der Waals surface area contributed by atoms with E-state index in [9.17, 15) is 4.39 Å². The van der Waals surface area contributed by atoms with Crippen LogP contribution in [0.1, 0.15) is 29.7 Å². The molecule has 1 aromatic heterocycles. The van der Waals surface area contributed by atoms with Gasteiger partial charge in [-0.05, 0) is 18.9 Å². The fourth-order valence-electron chi connectivity index (χ4n) is 3.87. The highest BCUT2D eigenvalue weighted by atomic mass is 19.1. The second kappa shape index (κ2) is 7.19. The van der Waals surface area contributed by atoms with Crippen molar-refractivity contribution in [1.29, 1.82) is 0 Å². The van der Waals surface area contributed by atoms with Crippen molar-refractivity contribution in [3.8, 4) is 0 Å². The molecule has 2 aromatic rings. The highest BCUT2D eigenvalue weighted by Crippen LogP contribution is 2.29. The van der Waals surface area contributed by atoms with Crippen molar-refractivity contribution < 1.29 is 4.39 Å². The van der Waals surface area contributed by atoms with Crippen LogP contribution >= 0.6 is 0 Å². The molecule has 1 saturated heterocycles. The molecule has 1 fully saturated rings. The smallest absolute Gasteiger partial charge is 0.227 e. The molecule has 6 heteroatoms. The van der Waals surface area contributed by atoms with E-state index in [-0.39, 0.29) is 5.82 Å². The number of rotatable bonds is 4. The summed E-state index contributed by atoms with van der Waals surface area (Å²) in [5.41, 5.74) is 3.08. The monoisotopic (exact) mass is 355 g/mol. The highest BCUT2D eigenvalue weighted by Gasteiger charge is 2.26. The van der Waals surface area contributed by atoms with Crippen LogP contribution in [0.15, 0.2) is 24.3 Å². The summed E-state index contributed by atoms with van der Waals surface area (Å²) in [6.45, 7) is 4.37. The van der Waals surface area contributed by atoms with Crippen molar-refractivity contribution >= 4 is 11.8 Å². The number of fused-ring (bicyclic) bond motifs is 1. The Morgan fingerprint density at radius 1 is 1.08 bits per heavy atom. The number of anilines is 2. The van der Waals surface area contributed by atoms with Crippen LogP contribution in [0.25, 0.3) is 0 Å². The van der Waals surface area contributed by atoms with Gasteiger partial charge in [0.15, 0.2) is 0 Å². The third kappa shape index (κ3) is 3.38. The van der Waals surface area contributed by atoms with E-state index in [4.69, 9.17) is 9.97 Å². The zero-order valence-electron chi connectivity index (χ0n) is 15.6. The van der Waals surface area contributed by atoms with Gasteiger partial charge in [-0.2, -0.15) is 4.98 Å². The Labute approximate surface area is 154 Å². The fraction of sp³-hybridized carbons (Fsp3) is 0.500. The molecule has 1 aromatic carbocycles. The molecular weight excluding hydrogens is 329 g/mol. The third-order valence-electron chi connectivity index (χ3n) is 5.27. The van der Waals surface area contributed by atoms with Crippen LogP contribution < -0.4 is 9.80 Å². The van der Waals surface area contributed by atoms with E-state index in [1.807, 2.05) is 26.2 Å². The second-order valence-electron chi connectivity index (χ2n) is 7.41. The molecule has 0 saturated carbocycles. The Balaban J connectivity index is 1.60. The van der Waals surface area contributed by atoms with Gasteiger partial charge in [0, 0.05) is 64.4 Å². The molecular formula is C20H26FN5. The van der Waals surface area contributed by atoms with Crippen LogP contribution in [-0.4, -0.2) is 48.6 Å². The summed E-state index contributed by atoms with van der Waals surface area (Å²) in [5.74, 6) is 1.73. The molecule has 0 amide bonds. The van der Waals surface area contributed by atoms with Gasteiger partial charge in [0.05, 0.1) is 5.69 Å². The first kappa shape index (κ1) is 17.2. The first-order valence-electron chi connectivity index (χ1n) is 9.39. The van der Waals surface area contributed by atoms with E-state index in [2.05, 4.69) is 14.7 Å². The summed E-state index contributed by atoms with van der Waals surface area (Å²) in [6, 6.07) is 7.03. The topological polar surface area (TPSA) is 35.5 Å². The summed E-state index contributed by atoms with van der Waals surface area (Å²) < 4.78 is 14.0. The van der Waals surface area contributed by atoms with Gasteiger partial charge in [-0.25, -0.2) is 9.37 Å². The Morgan fingerprint density at radius 3 is 2.58 bits per heavy atom. The molecule has 0 radical (unpaired) electrons. The molecule has 138 valence electrons. The van der Waals surface area contributed by atoms with Crippen molar-refractivity contribution in [2.75, 3.05) is 43.5 Å². The van der Waals surface area contributed by atoms with Gasteiger partial charge in [-0.3, -0.25) is 4.90 Å². The van der Waals surface area contributed by atoms with Gasteiger partial charge < -0.3 is 9.80 Å². The van der Waals surface area contributed by atoms with Crippen LogP contribution in [0.4, 0.5) is 16.2 Å². The summed E-state index contributed by atoms with van der Waals surface area (Å²) in [7, 11) is 4.07. The zero-order chi connectivity index (χ0) is 18.1. The van der Waals surface area contributed by atoms with Gasteiger partial charge in [0.1, 0.15) is 11.6 Å². The van der Waals surface area contributed by atoms with E-state index in [0.29, 0.717) is 6.54 Å². The summed E-state index contributed by atoms with van der Waals surface area (Å²) >= 11 is 0. The van der Waals surface area contributed by atoms with E-state index in [1.54, 1.807) is 6.07 Å². The summed E-state index contributed by atoms with van der Waals surface area (Å²) in [6.07, 6.45) is 3.32. The number of nitrogens with zero attached hydrogens (tertiary/aromatic N) is 5. The average molecular weight is 355 g/mol. The number of aromatic nitrogens is 2. The van der Waals surface area contributed by atoms with E-state index in [1.165, 1.54) is 24.5 Å². The predicted molar refractivity (Wildman–Crippen MR) is 102 cm³/mol. The van der Waals surface area contributed by atoms with Crippen LogP contribution in [0.5, 0.6) is 0 Å². The lowest BCUT2D eigenvalue weighted by molar-refractivity contribution is 0.240. The minimum Gasteiger partial charge on any atom is -0.362 e. The molecule has 3 heterocycles. The molecule has 26 heavy (non-hydrogen) atoms. The number of hydrogen-bond acceptors (Lipinski definition) is 5. The molecule has 2 aliphatic heterocycles. The third-order valence-corrected chi connectivity index (χ3v) is 5.27. The first-order chi connectivity index (χ1) is 12.6. The molecule has 0 atom stereocenters. The zero-order valence-corrected chi connectivity index (χ0v) is 15.6. The van der Waals surface area contributed by atoms with Gasteiger partial charge in [0.2, 0.25) is 5.95 Å². The van der Waals surface area contributed by atoms with Crippen LogP contribution in [0.2, 0.25) is 0 Å². The molecule has 0 N–H and O–H groups in total. The van der Waals surface area contributed by atoms with Crippen molar-refractivity contribution in [3.05, 3.63) is 46.9 Å². The van der Waals surface area contributed by atoms with Gasteiger partial charge in [0.25, 0.3) is 0 Å². The standard InChI is InChI=1S/C20H26FN5/c1-24(2)19-16-14-25(13-15-7-3-4-8-17(15)21)12-9-18(16)22-20(23-19)26-10-5-6-11-26/h3-4,7-8H,5-6,9-14H2,1-2H3. The maximum atomic E-state index is 14.0. The van der Waals surface area contributed by atoms with Gasteiger partial charge >= 0.3 is 0 Å². The lowest BCUT2D eigenvalue weighted by Gasteiger charge is -2.31. The molecule has 4 rings (SSSR count). The van der Waals surface area contributed by atoms with Gasteiger partial charge in [-0.1, -0.05) is 18.2 Å². The minimum atomic E-state index is -0.133. The first-order valence-corrected chi connectivity index (χ1v) is 9.39. The van der Waals surface area contributed by atoms with E-state index >= 15 is 0 Å². The Bertz CT molecular complexity index is 786. The van der Waals surface area contributed by atoms with Crippen molar-refractivity contribution in [2.24, 2.45) is 0 Å². The second-order valence-corrected chi connectivity index (χ2v) is 7.41. The Kier molecular flexibility index (Phi) is 4.76. The van der Waals surface area contributed by atoms with Crippen LogP contribution in [-0.2, 0) is 19.5 Å². The number of benzene rings is 1. The van der Waals surface area contributed by atoms with Gasteiger partial charge in [-0.15, -0.1) is 0 Å². The molecule has 0 spiro atoms. The lowest BCUT2D eigenvalue weighted by atomic mass is 10.0. The summed E-state index contributed by atoms with van der Waals surface area (Å²) in [4.78, 5) is 16.4. The van der Waals surface area contributed by atoms with Crippen molar-refractivity contribution in [1.82, 2.24) is 14.9 Å². The normalized spacial score (nSPS) is 17.4. The minimum absolute atomic E-state index is 0.133. The van der Waals surface area contributed by atoms with Crippen LogP contribution in [0.3, 0.4) is 0 Å². The van der Waals surface area contributed by atoms with Crippen LogP contribution in [0, 0.1) is 5.82 Å². The predicted octanol–water partition coefficient (Wildman–Crippen LogP) is 2.84. The quantitative estimate of drug-likeness (QED) is 0.843. The fourth-order valence-corrected chi connectivity index (χ4v) is 3.87. The molecule has 0 bridgehead atoms. The lowest BCUT2D eigenvalue weighted by Crippen LogP contribution is -2.34. The average Bonchev–Trinajstić information content (AvgIpc) is 3.17. The number of halogens is 1. The summed E-state index contributed by atoms with van der Waals surface area (Å²) in [5, 5.41) is 0. The number of hydrogen-bond donors (Lipinski definition) is 0. The SMILES string of the molecule is CN(C)c1nc(N2CCCC2)nc2c1CN(Cc1ccccc1F)CC2. The van der Waals surface area contributed by atoms with Crippen molar-refractivity contribution in [3.63, 3.8) is 0 Å². The maximum absolute atomic E-state index is 14.0. The van der Waals surface area contributed by atoms with E-state index < -0.39 is 0 Å². The molecule has 5 nitrogen and oxygen atoms in total. The molecule has 0 aliphatic carbocycles. The van der Waals surface area contributed by atoms with Crippen molar-refractivity contribution in [2.45, 2.75) is 32.4 Å². The van der Waals surface area contributed by atoms with E-state index in [0.717, 1.165) is 55.6 Å². The largest absolute Gasteiger partial charge is 0.362 e.